The van der Waals surface area contributed by atoms with Crippen LogP contribution in [0, 0.1) is 16.0 Å². The SMILES string of the molecule is CCNCC1CCN(C(=O)CCOc2ccccc2[N+](=O)[O-])CC1. The topological polar surface area (TPSA) is 84.7 Å². The zero-order valence-corrected chi connectivity index (χ0v) is 14.1. The standard InChI is InChI=1S/C17H25N3O4/c1-2-18-13-14-7-10-19(11-8-14)17(21)9-12-24-16-6-4-3-5-15(16)20(22)23/h3-6,14,18H,2,7-13H2,1H3. The third-order valence-electron chi connectivity index (χ3n) is 4.29. The molecule has 1 N–H and O–H groups in total. The number of nitrogens with one attached hydrogen (secondary N) is 1. The summed E-state index contributed by atoms with van der Waals surface area (Å²) < 4.78 is 5.43. The number of carbonyl (C=O) groups is 1. The Morgan fingerprint density at radius 1 is 1.38 bits per heavy atom. The van der Waals surface area contributed by atoms with Gasteiger partial charge in [-0.15, -0.1) is 0 Å². The van der Waals surface area contributed by atoms with E-state index >= 15 is 0 Å². The number of para-hydroxylation sites is 2. The van der Waals surface area contributed by atoms with Crippen molar-refractivity contribution in [1.29, 1.82) is 0 Å². The second-order valence-corrected chi connectivity index (χ2v) is 5.96. The molecular formula is C17H25N3O4. The summed E-state index contributed by atoms with van der Waals surface area (Å²) in [5, 5.41) is 14.3. The van der Waals surface area contributed by atoms with E-state index < -0.39 is 4.92 Å². The van der Waals surface area contributed by atoms with E-state index in [2.05, 4.69) is 12.2 Å². The van der Waals surface area contributed by atoms with E-state index in [0.717, 1.165) is 39.0 Å². The van der Waals surface area contributed by atoms with Gasteiger partial charge >= 0.3 is 5.69 Å². The van der Waals surface area contributed by atoms with Gasteiger partial charge in [-0.05, 0) is 37.9 Å². The molecule has 1 aliphatic heterocycles. The van der Waals surface area contributed by atoms with Crippen molar-refractivity contribution in [2.24, 2.45) is 5.92 Å². The number of carbonyl (C=O) groups excluding carboxylic acids is 1. The Morgan fingerprint density at radius 3 is 2.75 bits per heavy atom. The normalized spacial score (nSPS) is 15.3. The van der Waals surface area contributed by atoms with Gasteiger partial charge in [-0.25, -0.2) is 0 Å². The Labute approximate surface area is 142 Å². The lowest BCUT2D eigenvalue weighted by Crippen LogP contribution is -2.41. The molecule has 0 radical (unpaired) electrons. The Bertz CT molecular complexity index is 557. The first kappa shape index (κ1) is 18.2. The van der Waals surface area contributed by atoms with Crippen LogP contribution < -0.4 is 10.1 Å². The molecule has 1 heterocycles. The Hall–Kier alpha value is -2.15. The summed E-state index contributed by atoms with van der Waals surface area (Å²) in [5.41, 5.74) is -0.0748. The quantitative estimate of drug-likeness (QED) is 0.581. The highest BCUT2D eigenvalue weighted by molar-refractivity contribution is 5.76. The minimum Gasteiger partial charge on any atom is -0.486 e. The van der Waals surface area contributed by atoms with Gasteiger partial charge < -0.3 is 15.0 Å². The molecule has 2 rings (SSSR count). The largest absolute Gasteiger partial charge is 0.486 e. The van der Waals surface area contributed by atoms with Gasteiger partial charge in [-0.1, -0.05) is 19.1 Å². The van der Waals surface area contributed by atoms with Crippen molar-refractivity contribution < 1.29 is 14.5 Å². The molecule has 0 aromatic heterocycles. The van der Waals surface area contributed by atoms with Crippen molar-refractivity contribution in [3.8, 4) is 5.75 Å². The van der Waals surface area contributed by atoms with Gasteiger partial charge in [0.2, 0.25) is 5.91 Å². The van der Waals surface area contributed by atoms with Crippen LogP contribution in [0.3, 0.4) is 0 Å². The van der Waals surface area contributed by atoms with Crippen molar-refractivity contribution in [3.05, 3.63) is 34.4 Å². The van der Waals surface area contributed by atoms with E-state index in [1.807, 2.05) is 4.90 Å². The van der Waals surface area contributed by atoms with E-state index in [-0.39, 0.29) is 30.4 Å². The number of likely N-dealkylation sites (tertiary alicyclic amines) is 1. The molecule has 0 saturated carbocycles. The summed E-state index contributed by atoms with van der Waals surface area (Å²) in [7, 11) is 0. The third-order valence-corrected chi connectivity index (χ3v) is 4.29. The zero-order chi connectivity index (χ0) is 17.4. The van der Waals surface area contributed by atoms with Crippen molar-refractivity contribution in [2.45, 2.75) is 26.2 Å². The zero-order valence-electron chi connectivity index (χ0n) is 14.1. The molecule has 1 saturated heterocycles. The lowest BCUT2D eigenvalue weighted by Gasteiger charge is -2.32. The number of rotatable bonds is 8. The molecule has 1 aromatic carbocycles. The number of nitro benzene ring substituents is 1. The monoisotopic (exact) mass is 335 g/mol. The maximum Gasteiger partial charge on any atom is 0.310 e. The predicted molar refractivity (Wildman–Crippen MR) is 91.1 cm³/mol. The van der Waals surface area contributed by atoms with Gasteiger partial charge in [-0.3, -0.25) is 14.9 Å². The van der Waals surface area contributed by atoms with Gasteiger partial charge in [0, 0.05) is 19.2 Å². The number of nitro groups is 1. The highest BCUT2D eigenvalue weighted by atomic mass is 16.6. The smallest absolute Gasteiger partial charge is 0.310 e. The maximum atomic E-state index is 12.2. The molecule has 0 unspecified atom stereocenters. The van der Waals surface area contributed by atoms with Crippen molar-refractivity contribution in [2.75, 3.05) is 32.8 Å². The Kier molecular flexibility index (Phi) is 6.99. The summed E-state index contributed by atoms with van der Waals surface area (Å²) in [6.07, 6.45) is 2.28. The number of hydrogen-bond acceptors (Lipinski definition) is 5. The van der Waals surface area contributed by atoms with Gasteiger partial charge in [0.15, 0.2) is 5.75 Å². The predicted octanol–water partition coefficient (Wildman–Crippen LogP) is 2.21. The van der Waals surface area contributed by atoms with Crippen LogP contribution in [-0.4, -0.2) is 48.5 Å². The van der Waals surface area contributed by atoms with Crippen LogP contribution in [0.15, 0.2) is 24.3 Å². The summed E-state index contributed by atoms with van der Waals surface area (Å²) in [6.45, 7) is 5.79. The lowest BCUT2D eigenvalue weighted by molar-refractivity contribution is -0.385. The van der Waals surface area contributed by atoms with Crippen LogP contribution in [0.1, 0.15) is 26.2 Å². The van der Waals surface area contributed by atoms with Gasteiger partial charge in [0.05, 0.1) is 18.0 Å². The third kappa shape index (κ3) is 5.19. The molecule has 0 bridgehead atoms. The molecule has 24 heavy (non-hydrogen) atoms. The molecule has 1 aliphatic rings. The second kappa shape index (κ2) is 9.22. The van der Waals surface area contributed by atoms with E-state index in [1.165, 1.54) is 6.07 Å². The number of ether oxygens (including phenoxy) is 1. The highest BCUT2D eigenvalue weighted by Gasteiger charge is 2.22. The fourth-order valence-corrected chi connectivity index (χ4v) is 2.87. The molecule has 0 spiro atoms. The van der Waals surface area contributed by atoms with Gasteiger partial charge in [0.1, 0.15) is 0 Å². The molecule has 1 fully saturated rings. The van der Waals surface area contributed by atoms with Gasteiger partial charge in [0.25, 0.3) is 0 Å². The molecule has 1 amide bonds. The first-order valence-electron chi connectivity index (χ1n) is 8.46. The fourth-order valence-electron chi connectivity index (χ4n) is 2.87. The highest BCUT2D eigenvalue weighted by Crippen LogP contribution is 2.26. The summed E-state index contributed by atoms with van der Waals surface area (Å²) in [6, 6.07) is 6.22. The molecule has 7 nitrogen and oxygen atoms in total. The molecule has 132 valence electrons. The molecule has 0 atom stereocenters. The number of nitrogens with zero attached hydrogens (tertiary/aromatic N) is 2. The van der Waals surface area contributed by atoms with Crippen LogP contribution in [-0.2, 0) is 4.79 Å². The van der Waals surface area contributed by atoms with Crippen molar-refractivity contribution in [1.82, 2.24) is 10.2 Å². The first-order valence-corrected chi connectivity index (χ1v) is 8.46. The number of amides is 1. The van der Waals surface area contributed by atoms with E-state index in [0.29, 0.717) is 5.92 Å². The molecule has 7 heteroatoms. The van der Waals surface area contributed by atoms with E-state index in [1.54, 1.807) is 18.2 Å². The summed E-state index contributed by atoms with van der Waals surface area (Å²) in [4.78, 5) is 24.5. The van der Waals surface area contributed by atoms with Crippen LogP contribution in [0.5, 0.6) is 5.75 Å². The maximum absolute atomic E-state index is 12.2. The van der Waals surface area contributed by atoms with E-state index in [9.17, 15) is 14.9 Å². The van der Waals surface area contributed by atoms with Crippen molar-refractivity contribution in [3.63, 3.8) is 0 Å². The average Bonchev–Trinajstić information content (AvgIpc) is 2.60. The Balaban J connectivity index is 1.74. The van der Waals surface area contributed by atoms with Gasteiger partial charge in [-0.2, -0.15) is 0 Å². The number of hydrogen-bond donors (Lipinski definition) is 1. The van der Waals surface area contributed by atoms with Crippen LogP contribution in [0.4, 0.5) is 5.69 Å². The first-order chi connectivity index (χ1) is 11.6. The second-order valence-electron chi connectivity index (χ2n) is 5.96. The number of piperidine rings is 1. The Morgan fingerprint density at radius 2 is 2.08 bits per heavy atom. The summed E-state index contributed by atoms with van der Waals surface area (Å²) >= 11 is 0. The number of benzene rings is 1. The van der Waals surface area contributed by atoms with E-state index in [4.69, 9.17) is 4.74 Å². The fraction of sp³-hybridized carbons (Fsp3) is 0.588. The van der Waals surface area contributed by atoms with Crippen LogP contribution in [0.2, 0.25) is 0 Å². The molecular weight excluding hydrogens is 310 g/mol. The average molecular weight is 335 g/mol. The van der Waals surface area contributed by atoms with Crippen LogP contribution >= 0.6 is 0 Å². The lowest BCUT2D eigenvalue weighted by atomic mass is 9.96. The minimum absolute atomic E-state index is 0.0514. The molecule has 0 aliphatic carbocycles. The summed E-state index contributed by atoms with van der Waals surface area (Å²) in [5.74, 6) is 0.896. The molecule has 1 aromatic rings. The van der Waals surface area contributed by atoms with Crippen molar-refractivity contribution >= 4 is 11.6 Å². The minimum atomic E-state index is -0.480. The van der Waals surface area contributed by atoms with Crippen LogP contribution in [0.25, 0.3) is 0 Å².